The van der Waals surface area contributed by atoms with E-state index in [1.54, 1.807) is 16.9 Å². The van der Waals surface area contributed by atoms with Crippen LogP contribution in [-0.4, -0.2) is 42.5 Å². The Morgan fingerprint density at radius 3 is 3.05 bits per heavy atom. The minimum atomic E-state index is 0.389. The van der Waals surface area contributed by atoms with E-state index in [1.165, 1.54) is 0 Å². The Balaban J connectivity index is 1.83. The van der Waals surface area contributed by atoms with E-state index in [1.807, 2.05) is 23.0 Å². The second-order valence-corrected chi connectivity index (χ2v) is 4.38. The molecule has 8 heteroatoms. The standard InChI is InChI=1S/C12H16N8/c1-2-18(6-7-19-5-3-4-15-19)10-8-11-17-14-9-20(11)12(13)16-10/h3-5,8-9H,2,6-7H2,1H3,(H2,13,16). The zero-order valence-corrected chi connectivity index (χ0v) is 11.2. The van der Waals surface area contributed by atoms with E-state index >= 15 is 0 Å². The van der Waals surface area contributed by atoms with Crippen molar-refractivity contribution >= 4 is 17.4 Å². The first kappa shape index (κ1) is 12.4. The van der Waals surface area contributed by atoms with Crippen molar-refractivity contribution in [2.45, 2.75) is 13.5 Å². The molecule has 0 unspecified atom stereocenters. The fraction of sp³-hybridized carbons (Fsp3) is 0.333. The molecule has 0 spiro atoms. The lowest BCUT2D eigenvalue weighted by molar-refractivity contribution is 0.598. The number of fused-ring (bicyclic) bond motifs is 1. The van der Waals surface area contributed by atoms with Gasteiger partial charge in [0, 0.05) is 31.5 Å². The summed E-state index contributed by atoms with van der Waals surface area (Å²) in [5, 5.41) is 12.0. The minimum Gasteiger partial charge on any atom is -0.369 e. The predicted molar refractivity (Wildman–Crippen MR) is 75.3 cm³/mol. The number of nitrogens with two attached hydrogens (primary N) is 1. The number of likely N-dealkylation sites (N-methyl/N-ethyl adjacent to an activating group) is 1. The Kier molecular flexibility index (Phi) is 3.20. The van der Waals surface area contributed by atoms with Crippen LogP contribution < -0.4 is 10.6 Å². The van der Waals surface area contributed by atoms with E-state index < -0.39 is 0 Å². The van der Waals surface area contributed by atoms with Crippen LogP contribution in [0.5, 0.6) is 0 Å². The maximum atomic E-state index is 5.91. The van der Waals surface area contributed by atoms with Crippen LogP contribution in [0.15, 0.2) is 30.9 Å². The highest BCUT2D eigenvalue weighted by Gasteiger charge is 2.10. The van der Waals surface area contributed by atoms with Gasteiger partial charge in [0.15, 0.2) is 5.65 Å². The minimum absolute atomic E-state index is 0.389. The Morgan fingerprint density at radius 2 is 2.30 bits per heavy atom. The molecule has 0 aromatic carbocycles. The van der Waals surface area contributed by atoms with Crippen molar-refractivity contribution in [3.05, 3.63) is 30.9 Å². The van der Waals surface area contributed by atoms with E-state index in [0.717, 1.165) is 25.5 Å². The lowest BCUT2D eigenvalue weighted by Gasteiger charge is -2.22. The maximum Gasteiger partial charge on any atom is 0.209 e. The van der Waals surface area contributed by atoms with Crippen LogP contribution in [0.4, 0.5) is 11.8 Å². The number of hydrogen-bond donors (Lipinski definition) is 1. The molecule has 2 N–H and O–H groups in total. The van der Waals surface area contributed by atoms with Gasteiger partial charge in [0.2, 0.25) is 5.95 Å². The van der Waals surface area contributed by atoms with Crippen molar-refractivity contribution < 1.29 is 0 Å². The fourth-order valence-corrected chi connectivity index (χ4v) is 2.09. The third-order valence-corrected chi connectivity index (χ3v) is 3.17. The summed E-state index contributed by atoms with van der Waals surface area (Å²) in [6, 6.07) is 3.80. The van der Waals surface area contributed by atoms with Crippen molar-refractivity contribution in [1.82, 2.24) is 29.4 Å². The molecule has 0 radical (unpaired) electrons. The third-order valence-electron chi connectivity index (χ3n) is 3.17. The van der Waals surface area contributed by atoms with Crippen molar-refractivity contribution in [3.8, 4) is 0 Å². The number of rotatable bonds is 5. The van der Waals surface area contributed by atoms with Gasteiger partial charge in [-0.2, -0.15) is 10.1 Å². The number of hydrogen-bond acceptors (Lipinski definition) is 6. The fourth-order valence-electron chi connectivity index (χ4n) is 2.09. The van der Waals surface area contributed by atoms with Crippen molar-refractivity contribution in [2.24, 2.45) is 0 Å². The van der Waals surface area contributed by atoms with Gasteiger partial charge in [-0.05, 0) is 13.0 Å². The lowest BCUT2D eigenvalue weighted by atomic mass is 10.4. The summed E-state index contributed by atoms with van der Waals surface area (Å²) in [6.07, 6.45) is 5.27. The Hall–Kier alpha value is -2.64. The normalized spacial score (nSPS) is 11.1. The monoisotopic (exact) mass is 272 g/mol. The molecule has 104 valence electrons. The second-order valence-electron chi connectivity index (χ2n) is 4.38. The summed E-state index contributed by atoms with van der Waals surface area (Å²) in [5.41, 5.74) is 6.61. The number of aromatic nitrogens is 6. The van der Waals surface area contributed by atoms with Gasteiger partial charge in [0.1, 0.15) is 12.1 Å². The Morgan fingerprint density at radius 1 is 1.40 bits per heavy atom. The molecular formula is C12H16N8. The van der Waals surface area contributed by atoms with Gasteiger partial charge in [-0.3, -0.25) is 9.08 Å². The lowest BCUT2D eigenvalue weighted by Crippen LogP contribution is -2.28. The molecule has 3 aromatic heterocycles. The molecule has 3 aromatic rings. The summed E-state index contributed by atoms with van der Waals surface area (Å²) in [6.45, 7) is 4.50. The molecule has 0 aliphatic rings. The predicted octanol–water partition coefficient (Wildman–Crippen LogP) is 0.429. The van der Waals surface area contributed by atoms with Crippen LogP contribution in [0, 0.1) is 0 Å². The molecule has 0 bridgehead atoms. The van der Waals surface area contributed by atoms with Gasteiger partial charge in [0.25, 0.3) is 0 Å². The highest BCUT2D eigenvalue weighted by atomic mass is 15.3. The SMILES string of the molecule is CCN(CCn1cccn1)c1cc2nncn2c(N)n1. The van der Waals surface area contributed by atoms with Gasteiger partial charge in [-0.1, -0.05) is 0 Å². The van der Waals surface area contributed by atoms with E-state index in [0.29, 0.717) is 11.6 Å². The number of nitrogens with zero attached hydrogens (tertiary/aromatic N) is 7. The summed E-state index contributed by atoms with van der Waals surface area (Å²) in [5.74, 6) is 1.19. The van der Waals surface area contributed by atoms with E-state index in [4.69, 9.17) is 5.73 Å². The molecule has 3 rings (SSSR count). The smallest absolute Gasteiger partial charge is 0.209 e. The molecule has 0 fully saturated rings. The van der Waals surface area contributed by atoms with Gasteiger partial charge in [-0.25, -0.2) is 0 Å². The van der Waals surface area contributed by atoms with Crippen LogP contribution in [0.2, 0.25) is 0 Å². The van der Waals surface area contributed by atoms with Crippen LogP contribution in [0.25, 0.3) is 5.65 Å². The Bertz CT molecular complexity index is 687. The first-order valence-electron chi connectivity index (χ1n) is 6.46. The molecule has 8 nitrogen and oxygen atoms in total. The topological polar surface area (TPSA) is 90.2 Å². The highest BCUT2D eigenvalue weighted by molar-refractivity contribution is 5.55. The van der Waals surface area contributed by atoms with Crippen LogP contribution >= 0.6 is 0 Å². The zero-order valence-electron chi connectivity index (χ0n) is 11.2. The van der Waals surface area contributed by atoms with Gasteiger partial charge in [-0.15, -0.1) is 10.2 Å². The zero-order chi connectivity index (χ0) is 13.9. The summed E-state index contributed by atoms with van der Waals surface area (Å²) >= 11 is 0. The van der Waals surface area contributed by atoms with Gasteiger partial charge in [0.05, 0.1) is 6.54 Å². The van der Waals surface area contributed by atoms with E-state index in [-0.39, 0.29) is 0 Å². The quantitative estimate of drug-likeness (QED) is 0.724. The summed E-state index contributed by atoms with van der Waals surface area (Å²) in [4.78, 5) is 6.53. The van der Waals surface area contributed by atoms with Crippen molar-refractivity contribution in [3.63, 3.8) is 0 Å². The molecule has 0 saturated carbocycles. The summed E-state index contributed by atoms with van der Waals surface area (Å²) < 4.78 is 3.55. The molecular weight excluding hydrogens is 256 g/mol. The largest absolute Gasteiger partial charge is 0.369 e. The average Bonchev–Trinajstić information content (AvgIpc) is 3.10. The maximum absolute atomic E-state index is 5.91. The van der Waals surface area contributed by atoms with Crippen molar-refractivity contribution in [2.75, 3.05) is 23.7 Å². The third kappa shape index (κ3) is 2.27. The molecule has 3 heterocycles. The number of nitrogen functional groups attached to an aromatic ring is 1. The molecule has 20 heavy (non-hydrogen) atoms. The van der Waals surface area contributed by atoms with E-state index in [9.17, 15) is 0 Å². The van der Waals surface area contributed by atoms with Crippen molar-refractivity contribution in [1.29, 1.82) is 0 Å². The Labute approximate surface area is 115 Å². The van der Waals surface area contributed by atoms with E-state index in [2.05, 4.69) is 32.1 Å². The van der Waals surface area contributed by atoms with Crippen LogP contribution in [0.1, 0.15) is 6.92 Å². The van der Waals surface area contributed by atoms with Gasteiger partial charge < -0.3 is 10.6 Å². The highest BCUT2D eigenvalue weighted by Crippen LogP contribution is 2.15. The van der Waals surface area contributed by atoms with Gasteiger partial charge >= 0.3 is 0 Å². The van der Waals surface area contributed by atoms with Crippen LogP contribution in [0.3, 0.4) is 0 Å². The molecule has 0 atom stereocenters. The molecule has 0 amide bonds. The first-order chi connectivity index (χ1) is 9.78. The molecule has 0 aliphatic carbocycles. The first-order valence-corrected chi connectivity index (χ1v) is 6.46. The summed E-state index contributed by atoms with van der Waals surface area (Å²) in [7, 11) is 0. The molecule has 0 aliphatic heterocycles. The number of anilines is 2. The molecule has 0 saturated heterocycles. The van der Waals surface area contributed by atoms with Crippen LogP contribution in [-0.2, 0) is 6.54 Å². The second kappa shape index (κ2) is 5.16. The average molecular weight is 272 g/mol.